The molecule has 1 aliphatic heterocycles. The van der Waals surface area contributed by atoms with Gasteiger partial charge in [0.25, 0.3) is 0 Å². The lowest BCUT2D eigenvalue weighted by atomic mass is 9.88. The number of hydrogen-bond donors (Lipinski definition) is 2. The van der Waals surface area contributed by atoms with Crippen molar-refractivity contribution in [2.75, 3.05) is 13.1 Å². The third-order valence-corrected chi connectivity index (χ3v) is 4.43. The Balaban J connectivity index is 1.77. The van der Waals surface area contributed by atoms with Crippen LogP contribution >= 0.6 is 0 Å². The molecule has 0 aromatic carbocycles. The van der Waals surface area contributed by atoms with Gasteiger partial charge in [-0.1, -0.05) is 19.8 Å². The van der Waals surface area contributed by atoms with Crippen molar-refractivity contribution in [3.05, 3.63) is 11.6 Å². The number of aromatic amines is 1. The van der Waals surface area contributed by atoms with Gasteiger partial charge in [-0.15, -0.1) is 0 Å². The van der Waals surface area contributed by atoms with Crippen LogP contribution in [0.25, 0.3) is 0 Å². The van der Waals surface area contributed by atoms with Gasteiger partial charge in [-0.3, -0.25) is 5.10 Å². The lowest BCUT2D eigenvalue weighted by molar-refractivity contribution is 0.442. The molecule has 2 fully saturated rings. The highest BCUT2D eigenvalue weighted by atomic mass is 15.2. The molecular formula is C13H22N4. The topological polar surface area (TPSA) is 53.6 Å². The van der Waals surface area contributed by atoms with Crippen LogP contribution in [0.3, 0.4) is 0 Å². The summed E-state index contributed by atoms with van der Waals surface area (Å²) in [6.45, 7) is 4.51. The first-order chi connectivity index (χ1) is 8.28. The molecular weight excluding hydrogens is 212 g/mol. The number of piperidine rings is 1. The normalized spacial score (nSPS) is 28.4. The Bertz CT molecular complexity index is 373. The van der Waals surface area contributed by atoms with Gasteiger partial charge in [0.05, 0.1) is 0 Å². The van der Waals surface area contributed by atoms with Crippen molar-refractivity contribution in [1.82, 2.24) is 20.5 Å². The second-order valence-corrected chi connectivity index (χ2v) is 5.86. The van der Waals surface area contributed by atoms with E-state index in [0.29, 0.717) is 5.92 Å². The van der Waals surface area contributed by atoms with E-state index >= 15 is 0 Å². The largest absolute Gasteiger partial charge is 0.316 e. The second-order valence-electron chi connectivity index (χ2n) is 5.86. The van der Waals surface area contributed by atoms with E-state index in [1.54, 1.807) is 0 Å². The molecule has 2 N–H and O–H groups in total. The maximum Gasteiger partial charge on any atom is 0.156 e. The Labute approximate surface area is 103 Å². The molecule has 0 amide bonds. The van der Waals surface area contributed by atoms with Crippen molar-refractivity contribution < 1.29 is 0 Å². The van der Waals surface area contributed by atoms with Gasteiger partial charge in [-0.05, 0) is 32.2 Å². The minimum absolute atomic E-state index is 0.233. The highest BCUT2D eigenvalue weighted by molar-refractivity contribution is 5.10. The SMILES string of the molecule is CC1(c2n[nH]c(C3CCCNC3)n2)CCCC1. The number of nitrogens with zero attached hydrogens (tertiary/aromatic N) is 2. The van der Waals surface area contributed by atoms with Crippen molar-refractivity contribution >= 4 is 0 Å². The maximum absolute atomic E-state index is 4.78. The zero-order chi connectivity index (χ0) is 11.7. The summed E-state index contributed by atoms with van der Waals surface area (Å²) in [6, 6.07) is 0. The molecule has 94 valence electrons. The number of aromatic nitrogens is 3. The summed E-state index contributed by atoms with van der Waals surface area (Å²) >= 11 is 0. The van der Waals surface area contributed by atoms with E-state index in [0.717, 1.165) is 24.7 Å². The Morgan fingerprint density at radius 3 is 2.76 bits per heavy atom. The average molecular weight is 234 g/mol. The molecule has 0 radical (unpaired) electrons. The molecule has 1 aromatic heterocycles. The molecule has 0 spiro atoms. The zero-order valence-corrected chi connectivity index (χ0v) is 10.6. The molecule has 2 aliphatic rings. The minimum atomic E-state index is 0.233. The number of rotatable bonds is 2. The van der Waals surface area contributed by atoms with E-state index in [9.17, 15) is 0 Å². The highest BCUT2D eigenvalue weighted by Crippen LogP contribution is 2.39. The van der Waals surface area contributed by atoms with Crippen LogP contribution < -0.4 is 5.32 Å². The maximum atomic E-state index is 4.78. The lowest BCUT2D eigenvalue weighted by Crippen LogP contribution is -2.29. The van der Waals surface area contributed by atoms with E-state index in [4.69, 9.17) is 4.98 Å². The smallest absolute Gasteiger partial charge is 0.156 e. The van der Waals surface area contributed by atoms with Crippen molar-refractivity contribution in [1.29, 1.82) is 0 Å². The first-order valence-corrected chi connectivity index (χ1v) is 6.91. The van der Waals surface area contributed by atoms with Crippen LogP contribution in [0.15, 0.2) is 0 Å². The number of nitrogens with one attached hydrogen (secondary N) is 2. The molecule has 1 saturated heterocycles. The zero-order valence-electron chi connectivity index (χ0n) is 10.6. The second kappa shape index (κ2) is 4.41. The summed E-state index contributed by atoms with van der Waals surface area (Å²) in [6.07, 6.45) is 7.62. The van der Waals surface area contributed by atoms with Gasteiger partial charge in [0, 0.05) is 17.9 Å². The number of hydrogen-bond acceptors (Lipinski definition) is 3. The molecule has 1 atom stereocenters. The summed E-state index contributed by atoms with van der Waals surface area (Å²) in [5.74, 6) is 2.69. The standard InChI is InChI=1S/C13H22N4/c1-13(6-2-3-7-13)12-15-11(16-17-12)10-5-4-8-14-9-10/h10,14H,2-9H2,1H3,(H,15,16,17). The molecule has 4 nitrogen and oxygen atoms in total. The fraction of sp³-hybridized carbons (Fsp3) is 0.846. The minimum Gasteiger partial charge on any atom is -0.316 e. The van der Waals surface area contributed by atoms with E-state index in [2.05, 4.69) is 22.4 Å². The molecule has 2 heterocycles. The van der Waals surface area contributed by atoms with Crippen LogP contribution in [-0.4, -0.2) is 28.3 Å². The molecule has 1 saturated carbocycles. The van der Waals surface area contributed by atoms with Gasteiger partial charge >= 0.3 is 0 Å². The summed E-state index contributed by atoms with van der Waals surface area (Å²) in [4.78, 5) is 4.78. The van der Waals surface area contributed by atoms with Crippen LogP contribution in [0.1, 0.15) is 63.0 Å². The molecule has 1 unspecified atom stereocenters. The molecule has 17 heavy (non-hydrogen) atoms. The Hall–Kier alpha value is -0.900. The van der Waals surface area contributed by atoms with E-state index in [1.165, 1.54) is 38.5 Å². The molecule has 0 bridgehead atoms. The van der Waals surface area contributed by atoms with Crippen LogP contribution in [0.5, 0.6) is 0 Å². The predicted molar refractivity (Wildman–Crippen MR) is 67.0 cm³/mol. The monoisotopic (exact) mass is 234 g/mol. The van der Waals surface area contributed by atoms with Gasteiger partial charge in [-0.25, -0.2) is 4.98 Å². The third kappa shape index (κ3) is 2.10. The van der Waals surface area contributed by atoms with Crippen molar-refractivity contribution in [2.45, 2.75) is 56.8 Å². The first-order valence-electron chi connectivity index (χ1n) is 6.91. The van der Waals surface area contributed by atoms with Crippen molar-refractivity contribution in [3.8, 4) is 0 Å². The Morgan fingerprint density at radius 2 is 2.06 bits per heavy atom. The Kier molecular flexibility index (Phi) is 2.90. The summed E-state index contributed by atoms with van der Waals surface area (Å²) in [5.41, 5.74) is 0.233. The van der Waals surface area contributed by atoms with Crippen LogP contribution in [0.2, 0.25) is 0 Å². The van der Waals surface area contributed by atoms with E-state index < -0.39 is 0 Å². The summed E-state index contributed by atoms with van der Waals surface area (Å²) in [5, 5.41) is 11.1. The molecule has 1 aliphatic carbocycles. The summed E-state index contributed by atoms with van der Waals surface area (Å²) in [7, 11) is 0. The van der Waals surface area contributed by atoms with Crippen LogP contribution in [0, 0.1) is 0 Å². The van der Waals surface area contributed by atoms with Gasteiger partial charge in [0.2, 0.25) is 0 Å². The quantitative estimate of drug-likeness (QED) is 0.824. The fourth-order valence-electron chi connectivity index (χ4n) is 3.19. The average Bonchev–Trinajstić information content (AvgIpc) is 2.99. The lowest BCUT2D eigenvalue weighted by Gasteiger charge is -2.21. The van der Waals surface area contributed by atoms with E-state index in [-0.39, 0.29) is 5.41 Å². The summed E-state index contributed by atoms with van der Waals surface area (Å²) < 4.78 is 0. The van der Waals surface area contributed by atoms with Crippen LogP contribution in [0.4, 0.5) is 0 Å². The number of H-pyrrole nitrogens is 1. The first kappa shape index (κ1) is 11.2. The van der Waals surface area contributed by atoms with Gasteiger partial charge in [-0.2, -0.15) is 5.10 Å². The highest BCUT2D eigenvalue weighted by Gasteiger charge is 2.35. The fourth-order valence-corrected chi connectivity index (χ4v) is 3.19. The predicted octanol–water partition coefficient (Wildman–Crippen LogP) is 2.10. The molecule has 3 rings (SSSR count). The Morgan fingerprint density at radius 1 is 1.24 bits per heavy atom. The van der Waals surface area contributed by atoms with Crippen molar-refractivity contribution in [3.63, 3.8) is 0 Å². The van der Waals surface area contributed by atoms with Gasteiger partial charge in [0.15, 0.2) is 5.82 Å². The van der Waals surface area contributed by atoms with E-state index in [1.807, 2.05) is 0 Å². The van der Waals surface area contributed by atoms with Gasteiger partial charge in [0.1, 0.15) is 5.82 Å². The molecule has 1 aromatic rings. The van der Waals surface area contributed by atoms with Crippen molar-refractivity contribution in [2.24, 2.45) is 0 Å². The molecule has 4 heteroatoms. The third-order valence-electron chi connectivity index (χ3n) is 4.43. The van der Waals surface area contributed by atoms with Gasteiger partial charge < -0.3 is 5.32 Å². The van der Waals surface area contributed by atoms with Crippen LogP contribution in [-0.2, 0) is 5.41 Å².